The maximum atomic E-state index is 12.9. The zero-order chi connectivity index (χ0) is 19.3. The number of amides is 1. The van der Waals surface area contributed by atoms with Crippen molar-refractivity contribution in [2.24, 2.45) is 0 Å². The van der Waals surface area contributed by atoms with Crippen LogP contribution in [0.15, 0.2) is 58.3 Å². The number of rotatable bonds is 3. The minimum absolute atomic E-state index is 0.0705. The van der Waals surface area contributed by atoms with E-state index in [-0.39, 0.29) is 19.6 Å². The quantitative estimate of drug-likeness (QED) is 0.505. The van der Waals surface area contributed by atoms with E-state index in [0.29, 0.717) is 15.5 Å². The first-order chi connectivity index (χ1) is 12.8. The summed E-state index contributed by atoms with van der Waals surface area (Å²) in [5.41, 5.74) is 6.75. The molecule has 2 heterocycles. The van der Waals surface area contributed by atoms with E-state index in [0.717, 1.165) is 11.3 Å². The van der Waals surface area contributed by atoms with Crippen LogP contribution in [0.3, 0.4) is 0 Å². The molecule has 1 amide bonds. The first kappa shape index (κ1) is 17.7. The number of carbonyl (C=O) groups excluding carboxylic acids is 1. The molecule has 4 rings (SSSR count). The Labute approximate surface area is 162 Å². The van der Waals surface area contributed by atoms with Crippen molar-refractivity contribution in [3.05, 3.63) is 59.4 Å². The van der Waals surface area contributed by atoms with Gasteiger partial charge in [-0.2, -0.15) is 0 Å². The van der Waals surface area contributed by atoms with Crippen LogP contribution in [0.25, 0.3) is 20.2 Å². The molecule has 135 valence electrons. The van der Waals surface area contributed by atoms with Crippen LogP contribution in [0.2, 0.25) is 5.15 Å². The molecular formula is C18H10ClN2O4S2. The zero-order valence-electron chi connectivity index (χ0n) is 13.4. The molecule has 27 heavy (non-hydrogen) atoms. The Balaban J connectivity index is 2.02. The van der Waals surface area contributed by atoms with Crippen LogP contribution >= 0.6 is 22.9 Å². The number of sulfone groups is 1. The summed E-state index contributed by atoms with van der Waals surface area (Å²) in [5.74, 6) is -1.58. The largest absolute Gasteiger partial charge is 0.504 e. The Kier molecular flexibility index (Phi) is 4.06. The number of pyridine rings is 1. The molecule has 1 radical (unpaired) electrons. The van der Waals surface area contributed by atoms with Crippen molar-refractivity contribution in [1.29, 1.82) is 0 Å². The molecule has 2 N–H and O–H groups in total. The predicted octanol–water partition coefficient (Wildman–Crippen LogP) is 4.06. The van der Waals surface area contributed by atoms with Crippen LogP contribution in [-0.2, 0) is 9.84 Å². The van der Waals surface area contributed by atoms with Gasteiger partial charge in [0, 0.05) is 15.5 Å². The number of nitrogens with zero attached hydrogens (tertiary/aromatic N) is 1. The van der Waals surface area contributed by atoms with Gasteiger partial charge in [0.1, 0.15) is 5.15 Å². The second-order valence-electron chi connectivity index (χ2n) is 5.71. The minimum atomic E-state index is -3.73. The number of nitrogens with one attached hydrogen (secondary N) is 1. The summed E-state index contributed by atoms with van der Waals surface area (Å²) in [5, 5.41) is 11.1. The first-order valence-corrected chi connectivity index (χ1v) is 10.3. The maximum absolute atomic E-state index is 12.9. The van der Waals surface area contributed by atoms with Crippen molar-refractivity contribution in [2.75, 3.05) is 0 Å². The number of aromatic nitrogens is 1. The van der Waals surface area contributed by atoms with Crippen molar-refractivity contribution in [3.8, 4) is 5.75 Å². The SMILES string of the molecule is [NH]C(=O)c1nc(Cl)c2c(sc3ccc(S(=O)(=O)c4ccccc4)cc32)c1O. The molecule has 0 fully saturated rings. The van der Waals surface area contributed by atoms with Crippen LogP contribution < -0.4 is 5.73 Å². The molecule has 0 unspecified atom stereocenters. The molecule has 0 saturated heterocycles. The molecule has 0 saturated carbocycles. The summed E-state index contributed by atoms with van der Waals surface area (Å²) in [6.07, 6.45) is 0. The van der Waals surface area contributed by atoms with Crippen molar-refractivity contribution in [2.45, 2.75) is 9.79 Å². The molecule has 0 aliphatic heterocycles. The number of aromatic hydroxyl groups is 1. The smallest absolute Gasteiger partial charge is 0.292 e. The van der Waals surface area contributed by atoms with Gasteiger partial charge in [0.05, 0.1) is 14.5 Å². The van der Waals surface area contributed by atoms with Crippen molar-refractivity contribution in [3.63, 3.8) is 0 Å². The number of hydrogen-bond acceptors (Lipinski definition) is 6. The lowest BCUT2D eigenvalue weighted by Crippen LogP contribution is -2.03. The Morgan fingerprint density at radius 2 is 1.81 bits per heavy atom. The van der Waals surface area contributed by atoms with Crippen LogP contribution in [-0.4, -0.2) is 24.4 Å². The van der Waals surface area contributed by atoms with Gasteiger partial charge >= 0.3 is 0 Å². The van der Waals surface area contributed by atoms with E-state index in [2.05, 4.69) is 4.98 Å². The first-order valence-electron chi connectivity index (χ1n) is 7.61. The second-order valence-corrected chi connectivity index (χ2v) is 9.07. The van der Waals surface area contributed by atoms with Crippen LogP contribution in [0.4, 0.5) is 0 Å². The lowest BCUT2D eigenvalue weighted by Gasteiger charge is -2.05. The minimum Gasteiger partial charge on any atom is -0.504 e. The molecule has 0 bridgehead atoms. The van der Waals surface area contributed by atoms with Gasteiger partial charge in [-0.3, -0.25) is 10.5 Å². The van der Waals surface area contributed by atoms with E-state index in [1.807, 2.05) is 0 Å². The Bertz CT molecular complexity index is 1330. The fraction of sp³-hybridized carbons (Fsp3) is 0. The fourth-order valence-electron chi connectivity index (χ4n) is 2.82. The number of halogens is 1. The molecule has 6 nitrogen and oxygen atoms in total. The van der Waals surface area contributed by atoms with Gasteiger partial charge in [-0.25, -0.2) is 13.4 Å². The van der Waals surface area contributed by atoms with E-state index in [4.69, 9.17) is 17.3 Å². The fourth-order valence-corrected chi connectivity index (χ4v) is 5.60. The monoisotopic (exact) mass is 417 g/mol. The summed E-state index contributed by atoms with van der Waals surface area (Å²) in [6.45, 7) is 0. The number of hydrogen-bond donors (Lipinski definition) is 1. The average Bonchev–Trinajstić information content (AvgIpc) is 3.04. The highest BCUT2D eigenvalue weighted by Gasteiger charge is 2.23. The van der Waals surface area contributed by atoms with Crippen molar-refractivity contribution < 1.29 is 18.3 Å². The number of thiophene rings is 1. The summed E-state index contributed by atoms with van der Waals surface area (Å²) < 4.78 is 26.7. The second kappa shape index (κ2) is 6.19. The molecule has 0 atom stereocenters. The third kappa shape index (κ3) is 2.73. The molecule has 2 aromatic carbocycles. The lowest BCUT2D eigenvalue weighted by atomic mass is 10.2. The normalized spacial score (nSPS) is 11.9. The van der Waals surface area contributed by atoms with Crippen LogP contribution in [0, 0.1) is 0 Å². The maximum Gasteiger partial charge on any atom is 0.292 e. The highest BCUT2D eigenvalue weighted by atomic mass is 35.5. The van der Waals surface area contributed by atoms with Gasteiger partial charge < -0.3 is 5.11 Å². The van der Waals surface area contributed by atoms with Crippen molar-refractivity contribution in [1.82, 2.24) is 10.7 Å². The lowest BCUT2D eigenvalue weighted by molar-refractivity contribution is 0.0985. The predicted molar refractivity (Wildman–Crippen MR) is 103 cm³/mol. The Morgan fingerprint density at radius 1 is 1.11 bits per heavy atom. The van der Waals surface area contributed by atoms with Crippen LogP contribution in [0.5, 0.6) is 5.75 Å². The van der Waals surface area contributed by atoms with E-state index >= 15 is 0 Å². The molecule has 4 aromatic rings. The molecule has 0 aliphatic carbocycles. The standard InChI is InChI=1S/C18H10ClN2O4S2/c19-17-13-11-8-10(27(24,25)9-4-2-1-3-5-9)6-7-12(11)26-16(13)15(22)14(21-17)18(20)23/h1-8,20,22H. The van der Waals surface area contributed by atoms with Crippen LogP contribution in [0.1, 0.15) is 10.5 Å². The van der Waals surface area contributed by atoms with E-state index in [1.54, 1.807) is 24.3 Å². The molecular weight excluding hydrogens is 408 g/mol. The summed E-state index contributed by atoms with van der Waals surface area (Å²) in [6, 6.07) is 12.6. The Hall–Kier alpha value is -2.68. The molecule has 2 aromatic heterocycles. The Morgan fingerprint density at radius 3 is 2.48 bits per heavy atom. The number of benzene rings is 2. The number of fused-ring (bicyclic) bond motifs is 3. The van der Waals surface area contributed by atoms with E-state index < -0.39 is 27.2 Å². The highest BCUT2D eigenvalue weighted by Crippen LogP contribution is 2.43. The number of carbonyl (C=O) groups is 1. The van der Waals surface area contributed by atoms with Gasteiger partial charge in [0.25, 0.3) is 5.91 Å². The summed E-state index contributed by atoms with van der Waals surface area (Å²) in [7, 11) is -3.73. The molecule has 0 spiro atoms. The van der Waals surface area contributed by atoms with E-state index in [9.17, 15) is 18.3 Å². The average molecular weight is 418 g/mol. The van der Waals surface area contributed by atoms with Gasteiger partial charge in [-0.05, 0) is 30.3 Å². The highest BCUT2D eigenvalue weighted by molar-refractivity contribution is 7.91. The zero-order valence-corrected chi connectivity index (χ0v) is 15.8. The van der Waals surface area contributed by atoms with E-state index in [1.165, 1.54) is 24.3 Å². The van der Waals surface area contributed by atoms with Gasteiger partial charge in [0.2, 0.25) is 9.84 Å². The van der Waals surface area contributed by atoms with Gasteiger partial charge in [0.15, 0.2) is 11.4 Å². The third-order valence-corrected chi connectivity index (χ3v) is 7.31. The summed E-state index contributed by atoms with van der Waals surface area (Å²) in [4.78, 5) is 15.4. The molecule has 9 heteroatoms. The third-order valence-electron chi connectivity index (χ3n) is 4.09. The molecule has 0 aliphatic rings. The van der Waals surface area contributed by atoms with Gasteiger partial charge in [-0.15, -0.1) is 11.3 Å². The van der Waals surface area contributed by atoms with Crippen molar-refractivity contribution >= 4 is 58.9 Å². The summed E-state index contributed by atoms with van der Waals surface area (Å²) >= 11 is 7.33. The van der Waals surface area contributed by atoms with Gasteiger partial charge in [-0.1, -0.05) is 29.8 Å². The topological polar surface area (TPSA) is 108 Å².